The van der Waals surface area contributed by atoms with E-state index < -0.39 is 0 Å². The Kier molecular flexibility index (Phi) is 5.64. The van der Waals surface area contributed by atoms with Crippen LogP contribution in [-0.4, -0.2) is 26.2 Å². The van der Waals surface area contributed by atoms with Gasteiger partial charge in [-0.25, -0.2) is 9.97 Å². The number of ketones is 1. The largest absolute Gasteiger partial charge is 0.344 e. The second-order valence-corrected chi connectivity index (χ2v) is 8.23. The fourth-order valence-corrected chi connectivity index (χ4v) is 2.93. The van der Waals surface area contributed by atoms with Crippen LogP contribution in [0.2, 0.25) is 0 Å². The van der Waals surface area contributed by atoms with Crippen LogP contribution in [0.25, 0.3) is 0 Å². The standard InChI is InChI=1S/C23H26N4O2/c1-15-6-8-16(9-7-15)21(29)19-11-10-18(27(19)5)12-20(28)26-22-24-13-17(14-25-22)23(2,3)4/h6-11,13-14H,12H2,1-5H3,(H,24,25,26,28). The maximum atomic E-state index is 12.7. The van der Waals surface area contributed by atoms with E-state index in [0.717, 1.165) is 16.8 Å². The van der Waals surface area contributed by atoms with Crippen molar-refractivity contribution in [2.45, 2.75) is 39.5 Å². The summed E-state index contributed by atoms with van der Waals surface area (Å²) >= 11 is 0. The number of nitrogens with zero attached hydrogens (tertiary/aromatic N) is 3. The van der Waals surface area contributed by atoms with Crippen molar-refractivity contribution in [1.29, 1.82) is 0 Å². The molecule has 6 heteroatoms. The van der Waals surface area contributed by atoms with Gasteiger partial charge in [0.2, 0.25) is 17.6 Å². The van der Waals surface area contributed by atoms with Crippen LogP contribution in [0.1, 0.15) is 53.6 Å². The Morgan fingerprint density at radius 2 is 1.62 bits per heavy atom. The highest BCUT2D eigenvalue weighted by molar-refractivity contribution is 6.08. The smallest absolute Gasteiger partial charge is 0.232 e. The molecule has 0 saturated heterocycles. The number of nitrogens with one attached hydrogen (secondary N) is 1. The van der Waals surface area contributed by atoms with Gasteiger partial charge in [0.15, 0.2) is 0 Å². The summed E-state index contributed by atoms with van der Waals surface area (Å²) in [5, 5.41) is 2.71. The van der Waals surface area contributed by atoms with E-state index in [4.69, 9.17) is 0 Å². The minimum Gasteiger partial charge on any atom is -0.344 e. The fourth-order valence-electron chi connectivity index (χ4n) is 2.93. The summed E-state index contributed by atoms with van der Waals surface area (Å²) in [6, 6.07) is 11.0. The molecule has 0 aliphatic carbocycles. The van der Waals surface area contributed by atoms with Crippen molar-refractivity contribution in [1.82, 2.24) is 14.5 Å². The Balaban J connectivity index is 1.68. The van der Waals surface area contributed by atoms with Crippen molar-refractivity contribution in [2.75, 3.05) is 5.32 Å². The molecule has 1 amide bonds. The van der Waals surface area contributed by atoms with Crippen molar-refractivity contribution in [3.63, 3.8) is 0 Å². The third-order valence-electron chi connectivity index (χ3n) is 4.88. The third-order valence-corrected chi connectivity index (χ3v) is 4.88. The Bertz CT molecular complexity index is 1030. The van der Waals surface area contributed by atoms with Crippen LogP contribution in [0, 0.1) is 6.92 Å². The minimum absolute atomic E-state index is 0.0496. The normalized spacial score (nSPS) is 11.3. The van der Waals surface area contributed by atoms with Gasteiger partial charge in [-0.05, 0) is 30.0 Å². The molecular weight excluding hydrogens is 364 g/mol. The van der Waals surface area contributed by atoms with Gasteiger partial charge in [-0.2, -0.15) is 0 Å². The van der Waals surface area contributed by atoms with Crippen molar-refractivity contribution in [2.24, 2.45) is 7.05 Å². The number of hydrogen-bond acceptors (Lipinski definition) is 4. The van der Waals surface area contributed by atoms with E-state index in [0.29, 0.717) is 11.3 Å². The highest BCUT2D eigenvalue weighted by atomic mass is 16.1. The number of rotatable bonds is 5. The minimum atomic E-state index is -0.232. The second-order valence-electron chi connectivity index (χ2n) is 8.23. The molecule has 0 aliphatic heterocycles. The molecule has 0 fully saturated rings. The lowest BCUT2D eigenvalue weighted by atomic mass is 9.89. The molecule has 0 radical (unpaired) electrons. The topological polar surface area (TPSA) is 76.9 Å². The zero-order valence-corrected chi connectivity index (χ0v) is 17.5. The molecule has 2 aromatic heterocycles. The molecule has 0 aliphatic rings. The highest BCUT2D eigenvalue weighted by Crippen LogP contribution is 2.20. The van der Waals surface area contributed by atoms with Crippen LogP contribution in [0.15, 0.2) is 48.8 Å². The van der Waals surface area contributed by atoms with Crippen molar-refractivity contribution >= 4 is 17.6 Å². The molecule has 0 atom stereocenters. The van der Waals surface area contributed by atoms with Gasteiger partial charge in [0, 0.05) is 30.7 Å². The van der Waals surface area contributed by atoms with Gasteiger partial charge >= 0.3 is 0 Å². The van der Waals surface area contributed by atoms with Gasteiger partial charge in [0.1, 0.15) is 0 Å². The summed E-state index contributed by atoms with van der Waals surface area (Å²) in [6.07, 6.45) is 3.58. The summed E-state index contributed by atoms with van der Waals surface area (Å²) in [6.45, 7) is 8.21. The molecule has 0 bridgehead atoms. The third kappa shape index (κ3) is 4.77. The number of aromatic nitrogens is 3. The van der Waals surface area contributed by atoms with E-state index in [-0.39, 0.29) is 29.5 Å². The number of benzene rings is 1. The molecule has 6 nitrogen and oxygen atoms in total. The number of aryl methyl sites for hydroxylation is 1. The van der Waals surface area contributed by atoms with E-state index in [1.165, 1.54) is 0 Å². The van der Waals surface area contributed by atoms with Crippen LogP contribution in [0.4, 0.5) is 5.95 Å². The fraction of sp³-hybridized carbons (Fsp3) is 0.304. The van der Waals surface area contributed by atoms with Crippen LogP contribution >= 0.6 is 0 Å². The van der Waals surface area contributed by atoms with Crippen LogP contribution < -0.4 is 5.32 Å². The quantitative estimate of drug-likeness (QED) is 0.672. The molecule has 3 rings (SSSR count). The van der Waals surface area contributed by atoms with Crippen LogP contribution in [0.3, 0.4) is 0 Å². The number of hydrogen-bond donors (Lipinski definition) is 1. The molecule has 29 heavy (non-hydrogen) atoms. The number of carbonyl (C=O) groups is 2. The summed E-state index contributed by atoms with van der Waals surface area (Å²) in [5.74, 6) is -0.0301. The average Bonchev–Trinajstić information content (AvgIpc) is 3.02. The predicted octanol–water partition coefficient (Wildman–Crippen LogP) is 3.83. The van der Waals surface area contributed by atoms with Gasteiger partial charge in [0.25, 0.3) is 0 Å². The maximum Gasteiger partial charge on any atom is 0.232 e. The lowest BCUT2D eigenvalue weighted by Gasteiger charge is -2.17. The number of carbonyl (C=O) groups excluding carboxylic acids is 2. The monoisotopic (exact) mass is 390 g/mol. The first-order valence-electron chi connectivity index (χ1n) is 9.53. The van der Waals surface area contributed by atoms with E-state index in [1.54, 1.807) is 36.1 Å². The predicted molar refractivity (Wildman–Crippen MR) is 113 cm³/mol. The van der Waals surface area contributed by atoms with Gasteiger partial charge < -0.3 is 4.57 Å². The van der Waals surface area contributed by atoms with E-state index >= 15 is 0 Å². The molecule has 150 valence electrons. The van der Waals surface area contributed by atoms with Crippen molar-refractivity contribution in [3.8, 4) is 0 Å². The lowest BCUT2D eigenvalue weighted by molar-refractivity contribution is -0.115. The Morgan fingerprint density at radius 1 is 1.00 bits per heavy atom. The first-order valence-corrected chi connectivity index (χ1v) is 9.53. The van der Waals surface area contributed by atoms with Gasteiger partial charge in [-0.3, -0.25) is 14.9 Å². The second kappa shape index (κ2) is 7.99. The zero-order chi connectivity index (χ0) is 21.2. The Morgan fingerprint density at radius 3 is 2.21 bits per heavy atom. The molecular formula is C23H26N4O2. The summed E-state index contributed by atoms with van der Waals surface area (Å²) in [5.41, 5.74) is 3.96. The first-order chi connectivity index (χ1) is 13.6. The number of amides is 1. The molecule has 1 aromatic carbocycles. The molecule has 3 aromatic rings. The number of anilines is 1. The van der Waals surface area contributed by atoms with Gasteiger partial charge in [0.05, 0.1) is 12.1 Å². The summed E-state index contributed by atoms with van der Waals surface area (Å²) in [7, 11) is 1.79. The maximum absolute atomic E-state index is 12.7. The summed E-state index contributed by atoms with van der Waals surface area (Å²) < 4.78 is 1.76. The molecule has 0 spiro atoms. The van der Waals surface area contributed by atoms with Crippen molar-refractivity contribution in [3.05, 3.63) is 76.9 Å². The van der Waals surface area contributed by atoms with E-state index in [1.807, 2.05) is 31.2 Å². The van der Waals surface area contributed by atoms with Crippen molar-refractivity contribution < 1.29 is 9.59 Å². The average molecular weight is 390 g/mol. The van der Waals surface area contributed by atoms with E-state index in [9.17, 15) is 9.59 Å². The molecule has 2 heterocycles. The lowest BCUT2D eigenvalue weighted by Crippen LogP contribution is -2.19. The molecule has 1 N–H and O–H groups in total. The highest BCUT2D eigenvalue weighted by Gasteiger charge is 2.18. The molecule has 0 unspecified atom stereocenters. The van der Waals surface area contributed by atoms with Gasteiger partial charge in [-0.15, -0.1) is 0 Å². The SMILES string of the molecule is Cc1ccc(C(=O)c2ccc(CC(=O)Nc3ncc(C(C)(C)C)cn3)n2C)cc1. The first kappa shape index (κ1) is 20.5. The van der Waals surface area contributed by atoms with E-state index in [2.05, 4.69) is 36.1 Å². The summed E-state index contributed by atoms with van der Waals surface area (Å²) in [4.78, 5) is 33.6. The van der Waals surface area contributed by atoms with Crippen LogP contribution in [-0.2, 0) is 23.7 Å². The Labute approximate surface area is 171 Å². The molecule has 0 saturated carbocycles. The van der Waals surface area contributed by atoms with Gasteiger partial charge in [-0.1, -0.05) is 50.6 Å². The zero-order valence-electron chi connectivity index (χ0n) is 17.5. The van der Waals surface area contributed by atoms with Crippen LogP contribution in [0.5, 0.6) is 0 Å². The Hall–Kier alpha value is -3.28.